The number of thioether (sulfide) groups is 1. The van der Waals surface area contributed by atoms with Crippen molar-refractivity contribution in [2.45, 2.75) is 55.1 Å². The molecule has 3 N–H and O–H groups in total. The monoisotopic (exact) mass is 445 g/mol. The summed E-state index contributed by atoms with van der Waals surface area (Å²) < 4.78 is -1.03. The smallest absolute Gasteiger partial charge is 0.244 e. The minimum Gasteiger partial charge on any atom is -0.395 e. The number of β-amino-alcohol motifs (C(OH)–C–C–N with tert-alkyl or cyclic N) is 1. The van der Waals surface area contributed by atoms with Gasteiger partial charge in [0.05, 0.1) is 23.2 Å². The fourth-order valence-corrected chi connectivity index (χ4v) is 8.06. The molecule has 2 bridgehead atoms. The molecule has 0 saturated carbocycles. The van der Waals surface area contributed by atoms with Crippen LogP contribution in [-0.4, -0.2) is 63.0 Å². The molecule has 168 valence electrons. The second-order valence-corrected chi connectivity index (χ2v) is 10.9. The Kier molecular flexibility index (Phi) is 6.05. The molecule has 1 aromatic carbocycles. The van der Waals surface area contributed by atoms with E-state index >= 15 is 0 Å². The van der Waals surface area contributed by atoms with Gasteiger partial charge in [-0.05, 0) is 38.3 Å². The largest absolute Gasteiger partial charge is 0.395 e. The van der Waals surface area contributed by atoms with Crippen molar-refractivity contribution in [2.24, 2.45) is 11.8 Å². The van der Waals surface area contributed by atoms with Gasteiger partial charge in [-0.2, -0.15) is 0 Å². The van der Waals surface area contributed by atoms with Crippen molar-refractivity contribution in [3.63, 3.8) is 0 Å². The zero-order valence-corrected chi connectivity index (χ0v) is 18.9. The lowest BCUT2D eigenvalue weighted by Gasteiger charge is -2.34. The van der Waals surface area contributed by atoms with E-state index in [0.717, 1.165) is 19.3 Å². The molecule has 1 aromatic rings. The van der Waals surface area contributed by atoms with E-state index in [1.807, 2.05) is 30.3 Å². The van der Waals surface area contributed by atoms with Crippen molar-refractivity contribution in [1.29, 1.82) is 0 Å². The number of carbonyl (C=O) groups is 3. The normalized spacial score (nSPS) is 33.5. The van der Waals surface area contributed by atoms with Gasteiger partial charge in [0, 0.05) is 23.5 Å². The number of benzene rings is 1. The lowest BCUT2D eigenvalue weighted by atomic mass is 9.66. The van der Waals surface area contributed by atoms with E-state index in [4.69, 9.17) is 0 Å². The Morgan fingerprint density at radius 1 is 1.23 bits per heavy atom. The molecular weight excluding hydrogens is 414 g/mol. The molecule has 3 aliphatic rings. The van der Waals surface area contributed by atoms with Gasteiger partial charge in [-0.3, -0.25) is 14.4 Å². The number of hydrogen-bond acceptors (Lipinski definition) is 5. The molecule has 31 heavy (non-hydrogen) atoms. The third-order valence-corrected chi connectivity index (χ3v) is 9.00. The van der Waals surface area contributed by atoms with Crippen molar-refractivity contribution in [3.05, 3.63) is 30.3 Å². The Morgan fingerprint density at radius 3 is 2.65 bits per heavy atom. The standard InChI is InChI=1S/C23H31N3O4S/c1-3-4-12-24-20(29)18-23-11-10-22(2,31-23)16(17(23)21(30)26(18)13-14-27)19(28)25-15-8-6-5-7-9-15/h5-9,16-18,27H,3-4,10-14H2,1-2H3,(H,24,29)(H,25,28)/t16-,17-,18?,22+,23?/m0/s1. The maximum absolute atomic E-state index is 13.6. The van der Waals surface area contributed by atoms with Crippen LogP contribution in [0.1, 0.15) is 39.5 Å². The molecule has 0 aromatic heterocycles. The van der Waals surface area contributed by atoms with Crippen molar-refractivity contribution in [1.82, 2.24) is 10.2 Å². The molecule has 0 aliphatic carbocycles. The predicted octanol–water partition coefficient (Wildman–Crippen LogP) is 2.02. The van der Waals surface area contributed by atoms with Crippen LogP contribution in [0.15, 0.2) is 30.3 Å². The molecule has 4 rings (SSSR count). The molecule has 3 fully saturated rings. The van der Waals surface area contributed by atoms with Gasteiger partial charge in [0.15, 0.2) is 0 Å². The number of likely N-dealkylation sites (tertiary alicyclic amines) is 1. The first kappa shape index (κ1) is 22.1. The average molecular weight is 446 g/mol. The summed E-state index contributed by atoms with van der Waals surface area (Å²) in [4.78, 5) is 41.7. The first-order valence-corrected chi connectivity index (χ1v) is 11.9. The number of anilines is 1. The molecule has 0 radical (unpaired) electrons. The highest BCUT2D eigenvalue weighted by molar-refractivity contribution is 8.02. The number of unbranched alkanes of at least 4 members (excludes halogenated alkanes) is 1. The Hall–Kier alpha value is -2.06. The van der Waals surface area contributed by atoms with Gasteiger partial charge >= 0.3 is 0 Å². The fourth-order valence-electron chi connectivity index (χ4n) is 5.70. The van der Waals surface area contributed by atoms with Crippen molar-refractivity contribution < 1.29 is 19.5 Å². The van der Waals surface area contributed by atoms with E-state index in [1.165, 1.54) is 4.90 Å². The van der Waals surface area contributed by atoms with Crippen molar-refractivity contribution >= 4 is 35.2 Å². The molecule has 2 unspecified atom stereocenters. The molecule has 3 heterocycles. The van der Waals surface area contributed by atoms with Gasteiger partial charge < -0.3 is 20.6 Å². The number of aliphatic hydroxyl groups is 1. The minimum absolute atomic E-state index is 0.104. The molecule has 8 heteroatoms. The molecule has 3 saturated heterocycles. The molecule has 3 aliphatic heterocycles. The molecule has 1 spiro atoms. The molecule has 5 atom stereocenters. The third-order valence-electron chi connectivity index (χ3n) is 7.02. The van der Waals surface area contributed by atoms with Crippen LogP contribution < -0.4 is 10.6 Å². The van der Waals surface area contributed by atoms with Crippen molar-refractivity contribution in [3.8, 4) is 0 Å². The summed E-state index contributed by atoms with van der Waals surface area (Å²) in [5.74, 6) is -1.61. The van der Waals surface area contributed by atoms with Gasteiger partial charge in [-0.1, -0.05) is 31.5 Å². The van der Waals surface area contributed by atoms with Crippen LogP contribution in [0.5, 0.6) is 0 Å². The summed E-state index contributed by atoms with van der Waals surface area (Å²) >= 11 is 1.64. The summed E-state index contributed by atoms with van der Waals surface area (Å²) in [6, 6.07) is 8.59. The SMILES string of the molecule is CCCCNC(=O)C1N(CCO)C(=O)[C@@H]2[C@@H](C(=O)Nc3ccccc3)[C@@]3(C)CCC12S3. The summed E-state index contributed by atoms with van der Waals surface area (Å²) in [6.07, 6.45) is 3.33. The molecular formula is C23H31N3O4S. The quantitative estimate of drug-likeness (QED) is 0.532. The highest BCUT2D eigenvalue weighted by atomic mass is 32.2. The highest BCUT2D eigenvalue weighted by Gasteiger charge is 2.76. The third kappa shape index (κ3) is 3.53. The summed E-state index contributed by atoms with van der Waals surface area (Å²) in [7, 11) is 0. The van der Waals surface area contributed by atoms with E-state index in [9.17, 15) is 19.5 Å². The zero-order valence-electron chi connectivity index (χ0n) is 18.1. The van der Waals surface area contributed by atoms with Crippen LogP contribution in [0.2, 0.25) is 0 Å². The van der Waals surface area contributed by atoms with Crippen LogP contribution in [0.4, 0.5) is 5.69 Å². The maximum atomic E-state index is 13.6. The van der Waals surface area contributed by atoms with Gasteiger partial charge in [0.25, 0.3) is 0 Å². The van der Waals surface area contributed by atoms with Crippen molar-refractivity contribution in [2.75, 3.05) is 25.0 Å². The Balaban J connectivity index is 1.66. The maximum Gasteiger partial charge on any atom is 0.244 e. The zero-order chi connectivity index (χ0) is 22.2. The Morgan fingerprint density at radius 2 is 1.97 bits per heavy atom. The second-order valence-electron chi connectivity index (χ2n) is 8.98. The van der Waals surface area contributed by atoms with Gasteiger partial charge in [-0.15, -0.1) is 11.8 Å². The number of nitrogens with zero attached hydrogens (tertiary/aromatic N) is 1. The predicted molar refractivity (Wildman–Crippen MR) is 121 cm³/mol. The fraction of sp³-hybridized carbons (Fsp3) is 0.609. The highest BCUT2D eigenvalue weighted by Crippen LogP contribution is 2.71. The van der Waals surface area contributed by atoms with Crippen LogP contribution in [0.25, 0.3) is 0 Å². The number of rotatable bonds is 8. The number of para-hydroxylation sites is 1. The Labute approximate surface area is 187 Å². The second kappa shape index (κ2) is 8.47. The number of aliphatic hydroxyl groups excluding tert-OH is 1. The lowest BCUT2D eigenvalue weighted by molar-refractivity contribution is -0.140. The number of fused-ring (bicyclic) bond motifs is 1. The van der Waals surface area contributed by atoms with Gasteiger partial charge in [0.2, 0.25) is 17.7 Å². The van der Waals surface area contributed by atoms with E-state index in [0.29, 0.717) is 18.7 Å². The van der Waals surface area contributed by atoms with Crippen LogP contribution in [0, 0.1) is 11.8 Å². The van der Waals surface area contributed by atoms with E-state index in [2.05, 4.69) is 24.5 Å². The summed E-state index contributed by atoms with van der Waals surface area (Å²) in [6.45, 7) is 4.57. The first-order valence-electron chi connectivity index (χ1n) is 11.1. The minimum atomic E-state index is -0.657. The van der Waals surface area contributed by atoms with Crippen LogP contribution in [0.3, 0.4) is 0 Å². The topological polar surface area (TPSA) is 98.7 Å². The van der Waals surface area contributed by atoms with E-state index < -0.39 is 27.4 Å². The van der Waals surface area contributed by atoms with Gasteiger partial charge in [0.1, 0.15) is 6.04 Å². The number of amides is 3. The number of hydrogen-bond donors (Lipinski definition) is 3. The number of nitrogens with one attached hydrogen (secondary N) is 2. The average Bonchev–Trinajstić information content (AvgIpc) is 3.30. The van der Waals surface area contributed by atoms with Crippen LogP contribution in [-0.2, 0) is 14.4 Å². The number of carbonyl (C=O) groups excluding carboxylic acids is 3. The first-order chi connectivity index (χ1) is 14.9. The molecule has 3 amide bonds. The summed E-state index contributed by atoms with van der Waals surface area (Å²) in [5.41, 5.74) is 0.699. The van der Waals surface area contributed by atoms with Gasteiger partial charge in [-0.25, -0.2) is 0 Å². The van der Waals surface area contributed by atoms with E-state index in [1.54, 1.807) is 11.8 Å². The lowest BCUT2D eigenvalue weighted by Crippen LogP contribution is -2.54. The van der Waals surface area contributed by atoms with Crippen LogP contribution >= 0.6 is 11.8 Å². The molecule has 7 nitrogen and oxygen atoms in total. The summed E-state index contributed by atoms with van der Waals surface area (Å²) in [5, 5.41) is 15.6. The van der Waals surface area contributed by atoms with E-state index in [-0.39, 0.29) is 30.9 Å². The Bertz CT molecular complexity index is 866.